The van der Waals surface area contributed by atoms with E-state index in [2.05, 4.69) is 0 Å². The highest BCUT2D eigenvalue weighted by Gasteiger charge is 2.16. The van der Waals surface area contributed by atoms with Crippen LogP contribution in [0, 0.1) is 0 Å². The first-order chi connectivity index (χ1) is 7.13. The first-order valence-corrected chi connectivity index (χ1v) is 6.10. The second-order valence-electron chi connectivity index (χ2n) is 3.34. The lowest BCUT2D eigenvalue weighted by molar-refractivity contribution is 0.288. The van der Waals surface area contributed by atoms with E-state index in [0.29, 0.717) is 6.61 Å². The van der Waals surface area contributed by atoms with Gasteiger partial charge in [0.2, 0.25) is 0 Å². The molecule has 5 nitrogen and oxygen atoms in total. The second-order valence-corrected chi connectivity index (χ2v) is 5.06. The number of ether oxygens (including phenoxy) is 1. The summed E-state index contributed by atoms with van der Waals surface area (Å²) in [5.41, 5.74) is 0.914. The van der Waals surface area contributed by atoms with Crippen LogP contribution in [0.1, 0.15) is 12.0 Å². The van der Waals surface area contributed by atoms with E-state index < -0.39 is 10.0 Å². The summed E-state index contributed by atoms with van der Waals surface area (Å²) < 4.78 is 28.2. The minimum absolute atomic E-state index is 0.175. The third-order valence-electron chi connectivity index (χ3n) is 2.35. The largest absolute Gasteiger partial charge is 0.493 e. The van der Waals surface area contributed by atoms with Crippen LogP contribution < -0.4 is 15.4 Å². The Balaban J connectivity index is 2.45. The van der Waals surface area contributed by atoms with Gasteiger partial charge in [0, 0.05) is 0 Å². The van der Waals surface area contributed by atoms with Gasteiger partial charge in [0.25, 0.3) is 10.0 Å². The first-order valence-electron chi connectivity index (χ1n) is 4.61. The Kier molecular flexibility index (Phi) is 2.64. The fraction of sp³-hybridized carbons (Fsp3) is 0.333. The zero-order valence-corrected chi connectivity index (χ0v) is 8.88. The summed E-state index contributed by atoms with van der Waals surface area (Å²) in [5, 5.41) is 0. The van der Waals surface area contributed by atoms with Crippen molar-refractivity contribution in [1.82, 2.24) is 4.83 Å². The lowest BCUT2D eigenvalue weighted by Crippen LogP contribution is -2.30. The van der Waals surface area contributed by atoms with Crippen LogP contribution in [-0.2, 0) is 16.4 Å². The smallest absolute Gasteiger partial charge is 0.253 e. The maximum atomic E-state index is 11.4. The van der Waals surface area contributed by atoms with Gasteiger partial charge in [-0.1, -0.05) is 0 Å². The normalized spacial score (nSPS) is 15.5. The fourth-order valence-corrected chi connectivity index (χ4v) is 2.25. The van der Waals surface area contributed by atoms with Crippen LogP contribution in [0.3, 0.4) is 0 Å². The van der Waals surface area contributed by atoms with E-state index in [1.54, 1.807) is 17.0 Å². The highest BCUT2D eigenvalue weighted by Crippen LogP contribution is 2.26. The molecule has 0 radical (unpaired) electrons. The topological polar surface area (TPSA) is 81.4 Å². The lowest BCUT2D eigenvalue weighted by Gasteiger charge is -2.17. The number of hydrogen-bond acceptors (Lipinski definition) is 4. The average molecular weight is 228 g/mol. The Morgan fingerprint density at radius 2 is 2.20 bits per heavy atom. The summed E-state index contributed by atoms with van der Waals surface area (Å²) in [6, 6.07) is 4.75. The number of rotatable bonds is 2. The van der Waals surface area contributed by atoms with Gasteiger partial charge in [-0.2, -0.15) is 4.83 Å². The highest BCUT2D eigenvalue weighted by molar-refractivity contribution is 7.89. The SMILES string of the molecule is NNS(=O)(=O)c1ccc2c(c1)CCCO2. The van der Waals surface area contributed by atoms with E-state index in [-0.39, 0.29) is 4.90 Å². The molecule has 0 atom stereocenters. The van der Waals surface area contributed by atoms with Gasteiger partial charge in [0.1, 0.15) is 5.75 Å². The molecule has 0 unspecified atom stereocenters. The fourth-order valence-electron chi connectivity index (χ4n) is 1.57. The molecule has 1 heterocycles. The highest BCUT2D eigenvalue weighted by atomic mass is 32.2. The molecule has 3 N–H and O–H groups in total. The third-order valence-corrected chi connectivity index (χ3v) is 3.53. The van der Waals surface area contributed by atoms with Gasteiger partial charge >= 0.3 is 0 Å². The number of fused-ring (bicyclic) bond motifs is 1. The number of nitrogens with two attached hydrogens (primary N) is 1. The zero-order chi connectivity index (χ0) is 10.9. The number of hydrogen-bond donors (Lipinski definition) is 2. The van der Waals surface area contributed by atoms with Crippen LogP contribution in [0.2, 0.25) is 0 Å². The van der Waals surface area contributed by atoms with Crippen LogP contribution in [0.15, 0.2) is 23.1 Å². The number of sulfonamides is 1. The van der Waals surface area contributed by atoms with Crippen molar-refractivity contribution < 1.29 is 13.2 Å². The molecule has 0 saturated carbocycles. The van der Waals surface area contributed by atoms with Crippen molar-refractivity contribution in [3.05, 3.63) is 23.8 Å². The molecule has 0 saturated heterocycles. The number of aryl methyl sites for hydroxylation is 1. The molecule has 0 amide bonds. The molecule has 6 heteroatoms. The third kappa shape index (κ3) is 1.97. The number of benzene rings is 1. The van der Waals surface area contributed by atoms with Gasteiger partial charge in [0.05, 0.1) is 11.5 Å². The summed E-state index contributed by atoms with van der Waals surface area (Å²) in [6.07, 6.45) is 1.75. The average Bonchev–Trinajstić information content (AvgIpc) is 2.28. The molecule has 1 aliphatic rings. The molecule has 1 aliphatic heterocycles. The van der Waals surface area contributed by atoms with Gasteiger partial charge in [-0.3, -0.25) is 5.84 Å². The van der Waals surface area contributed by atoms with Crippen molar-refractivity contribution in [2.24, 2.45) is 5.84 Å². The van der Waals surface area contributed by atoms with Crippen LogP contribution in [0.25, 0.3) is 0 Å². The van der Waals surface area contributed by atoms with Crippen molar-refractivity contribution in [1.29, 1.82) is 0 Å². The quantitative estimate of drug-likeness (QED) is 0.558. The predicted molar refractivity (Wildman–Crippen MR) is 54.8 cm³/mol. The molecule has 1 aromatic carbocycles. The molecule has 82 valence electrons. The Morgan fingerprint density at radius 1 is 1.40 bits per heavy atom. The minimum Gasteiger partial charge on any atom is -0.493 e. The van der Waals surface area contributed by atoms with E-state index in [4.69, 9.17) is 10.6 Å². The Labute approximate surface area is 88.3 Å². The van der Waals surface area contributed by atoms with Gasteiger partial charge in [-0.05, 0) is 36.6 Å². The first kappa shape index (κ1) is 10.4. The Bertz CT molecular complexity index is 470. The van der Waals surface area contributed by atoms with Crippen LogP contribution in [0.4, 0.5) is 0 Å². The van der Waals surface area contributed by atoms with Gasteiger partial charge in [-0.25, -0.2) is 8.42 Å². The van der Waals surface area contributed by atoms with Crippen molar-refractivity contribution >= 4 is 10.0 Å². The van der Waals surface area contributed by atoms with Gasteiger partial charge in [-0.15, -0.1) is 0 Å². The molecule has 0 spiro atoms. The van der Waals surface area contributed by atoms with Crippen LogP contribution in [0.5, 0.6) is 5.75 Å². The van der Waals surface area contributed by atoms with E-state index in [1.165, 1.54) is 6.07 Å². The summed E-state index contributed by atoms with van der Waals surface area (Å²) in [7, 11) is -3.56. The molecular formula is C9H12N2O3S. The summed E-state index contributed by atoms with van der Waals surface area (Å²) in [5.74, 6) is 5.71. The Hall–Kier alpha value is -1.11. The standard InChI is InChI=1S/C9H12N2O3S/c10-11-15(12,13)8-3-4-9-7(6-8)2-1-5-14-9/h3-4,6,11H,1-2,5,10H2. The number of hydrazine groups is 1. The molecule has 0 fully saturated rings. The monoisotopic (exact) mass is 228 g/mol. The number of nitrogens with one attached hydrogen (secondary N) is 1. The van der Waals surface area contributed by atoms with E-state index >= 15 is 0 Å². The van der Waals surface area contributed by atoms with Crippen molar-refractivity contribution in [3.63, 3.8) is 0 Å². The predicted octanol–water partition coefficient (Wildman–Crippen LogP) is 0.164. The summed E-state index contributed by atoms with van der Waals surface area (Å²) >= 11 is 0. The summed E-state index contributed by atoms with van der Waals surface area (Å²) in [6.45, 7) is 0.689. The van der Waals surface area contributed by atoms with E-state index in [0.717, 1.165) is 24.2 Å². The minimum atomic E-state index is -3.56. The summed E-state index contributed by atoms with van der Waals surface area (Å²) in [4.78, 5) is 1.97. The van der Waals surface area contributed by atoms with Crippen molar-refractivity contribution in [2.45, 2.75) is 17.7 Å². The van der Waals surface area contributed by atoms with Crippen molar-refractivity contribution in [3.8, 4) is 5.75 Å². The second kappa shape index (κ2) is 3.80. The molecular weight excluding hydrogens is 216 g/mol. The molecule has 0 bridgehead atoms. The maximum absolute atomic E-state index is 11.4. The zero-order valence-electron chi connectivity index (χ0n) is 8.06. The van der Waals surface area contributed by atoms with Gasteiger partial charge in [0.15, 0.2) is 0 Å². The molecule has 1 aromatic rings. The maximum Gasteiger partial charge on any atom is 0.253 e. The molecule has 0 aromatic heterocycles. The van der Waals surface area contributed by atoms with E-state index in [1.807, 2.05) is 0 Å². The molecule has 2 rings (SSSR count). The van der Waals surface area contributed by atoms with Gasteiger partial charge < -0.3 is 4.74 Å². The molecule has 0 aliphatic carbocycles. The molecule has 15 heavy (non-hydrogen) atoms. The van der Waals surface area contributed by atoms with Crippen LogP contribution in [-0.4, -0.2) is 15.0 Å². The van der Waals surface area contributed by atoms with Crippen molar-refractivity contribution in [2.75, 3.05) is 6.61 Å². The lowest BCUT2D eigenvalue weighted by atomic mass is 10.1. The van der Waals surface area contributed by atoms with E-state index in [9.17, 15) is 8.42 Å². The van der Waals surface area contributed by atoms with Crippen LogP contribution >= 0.6 is 0 Å². The Morgan fingerprint density at radius 3 is 2.93 bits per heavy atom.